The van der Waals surface area contributed by atoms with E-state index in [9.17, 15) is 4.79 Å². The Bertz CT molecular complexity index is 538. The highest BCUT2D eigenvalue weighted by Gasteiger charge is 2.61. The van der Waals surface area contributed by atoms with Crippen LogP contribution in [0, 0.1) is 46.3 Å². The van der Waals surface area contributed by atoms with Crippen molar-refractivity contribution in [3.63, 3.8) is 0 Å². The summed E-state index contributed by atoms with van der Waals surface area (Å²) in [4.78, 5) is 12.3. The monoisotopic (exact) mass is 360 g/mol. The lowest BCUT2D eigenvalue weighted by molar-refractivity contribution is -0.157. The van der Waals surface area contributed by atoms with Gasteiger partial charge in [-0.15, -0.1) is 0 Å². The van der Waals surface area contributed by atoms with Crippen molar-refractivity contribution < 1.29 is 9.53 Å². The summed E-state index contributed by atoms with van der Waals surface area (Å²) in [6.07, 6.45) is 12.1. The zero-order chi connectivity index (χ0) is 18.5. The summed E-state index contributed by atoms with van der Waals surface area (Å²) in [5, 5.41) is 0. The third kappa shape index (κ3) is 2.73. The van der Waals surface area contributed by atoms with Crippen molar-refractivity contribution in [1.82, 2.24) is 0 Å². The Kier molecular flexibility index (Phi) is 5.04. The van der Waals surface area contributed by atoms with E-state index in [2.05, 4.69) is 20.8 Å². The van der Waals surface area contributed by atoms with Crippen LogP contribution >= 0.6 is 0 Å². The van der Waals surface area contributed by atoms with E-state index in [4.69, 9.17) is 4.74 Å². The van der Waals surface area contributed by atoms with E-state index in [1.54, 1.807) is 0 Å². The second-order valence-electron chi connectivity index (χ2n) is 10.7. The molecule has 4 fully saturated rings. The third-order valence-corrected chi connectivity index (χ3v) is 9.69. The van der Waals surface area contributed by atoms with Gasteiger partial charge in [0, 0.05) is 12.5 Å². The molecular weight excluding hydrogens is 320 g/mol. The predicted octanol–water partition coefficient (Wildman–Crippen LogP) is 5.89. The van der Waals surface area contributed by atoms with Crippen LogP contribution in [0.25, 0.3) is 0 Å². The Balaban J connectivity index is 1.63. The van der Waals surface area contributed by atoms with Gasteiger partial charge in [-0.05, 0) is 106 Å². The zero-order valence-electron chi connectivity index (χ0n) is 17.6. The summed E-state index contributed by atoms with van der Waals surface area (Å²) in [7, 11) is 0. The number of rotatable bonds is 4. The summed E-state index contributed by atoms with van der Waals surface area (Å²) >= 11 is 0. The molecule has 0 N–H and O–H groups in total. The molecule has 26 heavy (non-hydrogen) atoms. The van der Waals surface area contributed by atoms with Crippen LogP contribution in [0.15, 0.2) is 0 Å². The minimum absolute atomic E-state index is 0.286. The summed E-state index contributed by atoms with van der Waals surface area (Å²) in [6, 6.07) is 0. The van der Waals surface area contributed by atoms with Crippen molar-refractivity contribution in [3.05, 3.63) is 0 Å². The Morgan fingerprint density at radius 1 is 1.04 bits per heavy atom. The Labute approximate surface area is 160 Å². The zero-order valence-corrected chi connectivity index (χ0v) is 17.6. The van der Waals surface area contributed by atoms with Crippen molar-refractivity contribution in [2.24, 2.45) is 46.3 Å². The molecule has 0 aromatic carbocycles. The molecule has 148 valence electrons. The number of carbonyl (C=O) groups excluding carboxylic acids is 1. The molecule has 0 spiro atoms. The first-order chi connectivity index (χ1) is 12.4. The van der Waals surface area contributed by atoms with Crippen molar-refractivity contribution in [2.45, 2.75) is 85.5 Å². The smallest absolute Gasteiger partial charge is 0.133 e. The lowest BCUT2D eigenvalue weighted by atomic mass is 9.44. The van der Waals surface area contributed by atoms with Gasteiger partial charge in [-0.3, -0.25) is 4.79 Å². The maximum Gasteiger partial charge on any atom is 0.133 e. The second-order valence-corrected chi connectivity index (χ2v) is 10.7. The molecule has 0 saturated heterocycles. The first kappa shape index (κ1) is 19.0. The lowest BCUT2D eigenvalue weighted by Crippen LogP contribution is -2.56. The van der Waals surface area contributed by atoms with Crippen molar-refractivity contribution in [1.29, 1.82) is 0 Å². The number of hydrogen-bond donors (Lipinski definition) is 0. The first-order valence-corrected chi connectivity index (χ1v) is 11.5. The van der Waals surface area contributed by atoms with Gasteiger partial charge in [0.05, 0.1) is 6.61 Å². The van der Waals surface area contributed by atoms with Crippen LogP contribution in [0.5, 0.6) is 0 Å². The maximum atomic E-state index is 12.3. The molecule has 4 aliphatic carbocycles. The van der Waals surface area contributed by atoms with E-state index in [1.807, 2.05) is 6.92 Å². The normalized spacial score (nSPS) is 50.6. The van der Waals surface area contributed by atoms with Gasteiger partial charge in [-0.1, -0.05) is 20.3 Å². The van der Waals surface area contributed by atoms with Crippen LogP contribution in [0.4, 0.5) is 0 Å². The van der Waals surface area contributed by atoms with Crippen LogP contribution in [0.2, 0.25) is 0 Å². The fraction of sp³-hybridized carbons (Fsp3) is 0.958. The number of fused-ring (bicyclic) bond motifs is 5. The second kappa shape index (κ2) is 6.90. The van der Waals surface area contributed by atoms with Crippen molar-refractivity contribution in [2.75, 3.05) is 13.2 Å². The van der Waals surface area contributed by atoms with Crippen molar-refractivity contribution in [3.8, 4) is 0 Å². The third-order valence-electron chi connectivity index (χ3n) is 9.69. The fourth-order valence-corrected chi connectivity index (χ4v) is 8.51. The number of carbonyl (C=O) groups is 1. The molecular formula is C24H40O2. The largest absolute Gasteiger partial charge is 0.381 e. The predicted molar refractivity (Wildman–Crippen MR) is 106 cm³/mol. The lowest BCUT2D eigenvalue weighted by Gasteiger charge is -2.62. The minimum Gasteiger partial charge on any atom is -0.381 e. The van der Waals surface area contributed by atoms with Crippen LogP contribution in [-0.2, 0) is 9.53 Å². The number of ether oxygens (including phenoxy) is 1. The molecule has 0 radical (unpaired) electrons. The average Bonchev–Trinajstić information content (AvgIpc) is 2.97. The molecule has 3 unspecified atom stereocenters. The quantitative estimate of drug-likeness (QED) is 0.625. The summed E-state index contributed by atoms with van der Waals surface area (Å²) in [5.74, 6) is 5.06. The first-order valence-electron chi connectivity index (χ1n) is 11.5. The van der Waals surface area contributed by atoms with E-state index in [0.717, 1.165) is 49.2 Å². The van der Waals surface area contributed by atoms with Crippen molar-refractivity contribution >= 4 is 5.78 Å². The van der Waals surface area contributed by atoms with Crippen LogP contribution in [0.1, 0.15) is 85.5 Å². The average molecular weight is 361 g/mol. The summed E-state index contributed by atoms with van der Waals surface area (Å²) < 4.78 is 6.16. The highest BCUT2D eigenvalue weighted by Crippen LogP contribution is 2.67. The highest BCUT2D eigenvalue weighted by atomic mass is 16.5. The van der Waals surface area contributed by atoms with Gasteiger partial charge in [0.2, 0.25) is 0 Å². The molecule has 2 nitrogen and oxygen atoms in total. The standard InChI is InChI=1S/C24H40O2/c1-5-26-15-24-13-10-16(2)14-18(24)6-7-19-21-9-8-20(17(3)25)23(21,4)12-11-22(19)24/h16,18-22H,5-15H2,1-4H3/t16-,18?,19-,20+,21?,22?,23+,24+/m0/s1. The van der Waals surface area contributed by atoms with Crippen LogP contribution < -0.4 is 0 Å². The van der Waals surface area contributed by atoms with E-state index in [0.29, 0.717) is 17.1 Å². The molecule has 0 bridgehead atoms. The molecule has 4 saturated carbocycles. The van der Waals surface area contributed by atoms with Crippen LogP contribution in [0.3, 0.4) is 0 Å². The minimum atomic E-state index is 0.286. The van der Waals surface area contributed by atoms with E-state index in [1.165, 1.54) is 51.4 Å². The van der Waals surface area contributed by atoms with Gasteiger partial charge < -0.3 is 4.74 Å². The van der Waals surface area contributed by atoms with Gasteiger partial charge in [-0.25, -0.2) is 0 Å². The van der Waals surface area contributed by atoms with E-state index < -0.39 is 0 Å². The Morgan fingerprint density at radius 2 is 1.85 bits per heavy atom. The Morgan fingerprint density at radius 3 is 2.58 bits per heavy atom. The fourth-order valence-electron chi connectivity index (χ4n) is 8.51. The molecule has 0 aromatic heterocycles. The number of ketones is 1. The van der Waals surface area contributed by atoms with Gasteiger partial charge >= 0.3 is 0 Å². The molecule has 8 atom stereocenters. The summed E-state index contributed by atoms with van der Waals surface area (Å²) in [6.45, 7) is 10.8. The topological polar surface area (TPSA) is 26.3 Å². The van der Waals surface area contributed by atoms with Gasteiger partial charge in [0.25, 0.3) is 0 Å². The van der Waals surface area contributed by atoms with E-state index >= 15 is 0 Å². The number of Topliss-reactive ketones (excluding diaryl/α,β-unsaturated/α-hetero) is 1. The molecule has 2 heteroatoms. The van der Waals surface area contributed by atoms with E-state index in [-0.39, 0.29) is 5.41 Å². The molecule has 0 aromatic rings. The van der Waals surface area contributed by atoms with Crippen LogP contribution in [-0.4, -0.2) is 19.0 Å². The highest BCUT2D eigenvalue weighted by molar-refractivity contribution is 5.79. The molecule has 0 amide bonds. The van der Waals surface area contributed by atoms with Gasteiger partial charge in [0.15, 0.2) is 0 Å². The van der Waals surface area contributed by atoms with Gasteiger partial charge in [0.1, 0.15) is 5.78 Å². The molecule has 4 aliphatic rings. The molecule has 0 aliphatic heterocycles. The Hall–Kier alpha value is -0.370. The maximum absolute atomic E-state index is 12.3. The summed E-state index contributed by atoms with van der Waals surface area (Å²) in [5.41, 5.74) is 0.732. The molecule has 0 heterocycles. The number of hydrogen-bond acceptors (Lipinski definition) is 2. The molecule has 4 rings (SSSR count). The SMILES string of the molecule is CCOC[C@]12CC[C@H](C)CC1CC[C@@H]1C2CC[C@@]2(C)C1CC[C@@H]2C(C)=O. The van der Waals surface area contributed by atoms with Gasteiger partial charge in [-0.2, -0.15) is 0 Å².